The number of nitrogens with zero attached hydrogens (tertiary/aromatic N) is 3. The fraction of sp³-hybridized carbons (Fsp3) is 0.192. The van der Waals surface area contributed by atoms with Crippen LogP contribution in [-0.2, 0) is 11.3 Å². The van der Waals surface area contributed by atoms with Crippen LogP contribution in [0.3, 0.4) is 0 Å². The average molecular weight is 493 g/mol. The van der Waals surface area contributed by atoms with E-state index in [1.165, 1.54) is 11.8 Å². The number of benzene rings is 3. The molecule has 4 aromatic rings. The van der Waals surface area contributed by atoms with Crippen molar-refractivity contribution in [2.75, 3.05) is 11.9 Å². The van der Waals surface area contributed by atoms with Gasteiger partial charge in [0.05, 0.1) is 29.1 Å². The fourth-order valence-corrected chi connectivity index (χ4v) is 4.49. The first-order valence-electron chi connectivity index (χ1n) is 11.0. The second-order valence-corrected chi connectivity index (χ2v) is 9.25. The van der Waals surface area contributed by atoms with E-state index in [4.69, 9.17) is 16.3 Å². The van der Waals surface area contributed by atoms with E-state index < -0.39 is 5.25 Å². The molecule has 174 valence electrons. The molecule has 0 aliphatic carbocycles. The monoisotopic (exact) mass is 492 g/mol. The number of halogens is 1. The zero-order valence-corrected chi connectivity index (χ0v) is 20.5. The molecule has 3 aromatic carbocycles. The van der Waals surface area contributed by atoms with Gasteiger partial charge in [-0.25, -0.2) is 0 Å². The maximum absolute atomic E-state index is 13.0. The summed E-state index contributed by atoms with van der Waals surface area (Å²) in [5, 5.41) is 12.6. The maximum Gasteiger partial charge on any atom is 0.237 e. The Kier molecular flexibility index (Phi) is 7.87. The number of carbonyl (C=O) groups is 1. The zero-order chi connectivity index (χ0) is 23.9. The second kappa shape index (κ2) is 11.2. The molecule has 1 amide bonds. The number of para-hydroxylation sites is 2. The molecule has 4 rings (SSSR count). The van der Waals surface area contributed by atoms with E-state index in [1.54, 1.807) is 0 Å². The van der Waals surface area contributed by atoms with Gasteiger partial charge in [-0.05, 0) is 43.7 Å². The third kappa shape index (κ3) is 5.61. The third-order valence-electron chi connectivity index (χ3n) is 5.11. The molecule has 1 atom stereocenters. The number of anilines is 1. The summed E-state index contributed by atoms with van der Waals surface area (Å²) < 4.78 is 7.62. The van der Waals surface area contributed by atoms with Gasteiger partial charge in [-0.15, -0.1) is 10.2 Å². The molecule has 1 unspecified atom stereocenters. The summed E-state index contributed by atoms with van der Waals surface area (Å²) in [5.74, 6) is 1.15. The van der Waals surface area contributed by atoms with Crippen LogP contribution in [0.4, 0.5) is 5.69 Å². The third-order valence-corrected chi connectivity index (χ3v) is 6.52. The first-order valence-corrected chi connectivity index (χ1v) is 12.2. The van der Waals surface area contributed by atoms with Crippen molar-refractivity contribution < 1.29 is 9.53 Å². The molecule has 0 aliphatic rings. The second-order valence-electron chi connectivity index (χ2n) is 7.54. The van der Waals surface area contributed by atoms with Crippen molar-refractivity contribution in [3.05, 3.63) is 89.4 Å². The van der Waals surface area contributed by atoms with Crippen molar-refractivity contribution in [1.82, 2.24) is 14.8 Å². The minimum absolute atomic E-state index is 0.147. The molecule has 34 heavy (non-hydrogen) atoms. The van der Waals surface area contributed by atoms with Gasteiger partial charge in [-0.3, -0.25) is 9.36 Å². The van der Waals surface area contributed by atoms with Crippen molar-refractivity contribution >= 4 is 35.0 Å². The topological polar surface area (TPSA) is 69.0 Å². The van der Waals surface area contributed by atoms with Gasteiger partial charge in [0.15, 0.2) is 11.0 Å². The van der Waals surface area contributed by atoms with Crippen LogP contribution in [0, 0.1) is 0 Å². The van der Waals surface area contributed by atoms with Crippen LogP contribution in [-0.4, -0.2) is 32.5 Å². The SMILES string of the molecule is CCOc1ccccc1NC(=O)C(C)Sc1nnc(-c2ccccc2Cl)n1Cc1ccccc1. The highest BCUT2D eigenvalue weighted by atomic mass is 35.5. The highest BCUT2D eigenvalue weighted by molar-refractivity contribution is 8.00. The molecule has 8 heteroatoms. The molecular formula is C26H25ClN4O2S. The Morgan fingerprint density at radius 1 is 1.03 bits per heavy atom. The quantitative estimate of drug-likeness (QED) is 0.283. The van der Waals surface area contributed by atoms with Crippen LogP contribution in [0.1, 0.15) is 19.4 Å². The summed E-state index contributed by atoms with van der Waals surface area (Å²) in [5.41, 5.74) is 2.53. The predicted octanol–water partition coefficient (Wildman–Crippen LogP) is 6.16. The molecule has 0 spiro atoms. The molecule has 0 saturated heterocycles. The number of hydrogen-bond acceptors (Lipinski definition) is 5. The van der Waals surface area contributed by atoms with Gasteiger partial charge in [0.1, 0.15) is 5.75 Å². The molecule has 1 N–H and O–H groups in total. The number of hydrogen-bond donors (Lipinski definition) is 1. The van der Waals surface area contributed by atoms with Crippen LogP contribution in [0.2, 0.25) is 5.02 Å². The normalized spacial score (nSPS) is 11.7. The maximum atomic E-state index is 13.0. The largest absolute Gasteiger partial charge is 0.492 e. The molecule has 1 aromatic heterocycles. The van der Waals surface area contributed by atoms with E-state index in [9.17, 15) is 4.79 Å². The summed E-state index contributed by atoms with van der Waals surface area (Å²) in [6.45, 7) is 4.83. The van der Waals surface area contributed by atoms with Crippen molar-refractivity contribution in [3.8, 4) is 17.1 Å². The van der Waals surface area contributed by atoms with Crippen molar-refractivity contribution in [1.29, 1.82) is 0 Å². The Bertz CT molecular complexity index is 1260. The first kappa shape index (κ1) is 23.9. The molecule has 6 nitrogen and oxygen atoms in total. The Hall–Kier alpha value is -3.29. The smallest absolute Gasteiger partial charge is 0.237 e. The Morgan fingerprint density at radius 2 is 1.74 bits per heavy atom. The van der Waals surface area contributed by atoms with Gasteiger partial charge >= 0.3 is 0 Å². The number of ether oxygens (including phenoxy) is 1. The Morgan fingerprint density at radius 3 is 2.50 bits per heavy atom. The van der Waals surface area contributed by atoms with Crippen molar-refractivity contribution in [3.63, 3.8) is 0 Å². The summed E-state index contributed by atoms with van der Waals surface area (Å²) in [7, 11) is 0. The van der Waals surface area contributed by atoms with Crippen molar-refractivity contribution in [2.24, 2.45) is 0 Å². The van der Waals surface area contributed by atoms with Crippen LogP contribution < -0.4 is 10.1 Å². The number of nitrogens with one attached hydrogen (secondary N) is 1. The summed E-state index contributed by atoms with van der Waals surface area (Å²) in [6, 6.07) is 25.0. The lowest BCUT2D eigenvalue weighted by Gasteiger charge is -2.16. The van der Waals surface area contributed by atoms with Gasteiger partial charge in [0, 0.05) is 5.56 Å². The lowest BCUT2D eigenvalue weighted by molar-refractivity contribution is -0.115. The van der Waals surface area contributed by atoms with Crippen LogP contribution in [0.15, 0.2) is 84.0 Å². The van der Waals surface area contributed by atoms with Gasteiger partial charge in [0.2, 0.25) is 5.91 Å². The molecule has 1 heterocycles. The molecule has 0 bridgehead atoms. The van der Waals surface area contributed by atoms with Crippen LogP contribution in [0.25, 0.3) is 11.4 Å². The lowest BCUT2D eigenvalue weighted by Crippen LogP contribution is -2.23. The Balaban J connectivity index is 1.60. The number of amides is 1. The van der Waals surface area contributed by atoms with Crippen molar-refractivity contribution in [2.45, 2.75) is 30.8 Å². The van der Waals surface area contributed by atoms with Crippen LogP contribution in [0.5, 0.6) is 5.75 Å². The first-order chi connectivity index (χ1) is 16.6. The average Bonchev–Trinajstić information content (AvgIpc) is 3.23. The standard InChI is InChI=1S/C26H25ClN4O2S/c1-3-33-23-16-10-9-15-22(23)28-25(32)18(2)34-26-30-29-24(20-13-7-8-14-21(20)27)31(26)17-19-11-5-4-6-12-19/h4-16,18H,3,17H2,1-2H3,(H,28,32). The number of thioether (sulfide) groups is 1. The van der Waals surface area contributed by atoms with Crippen LogP contribution >= 0.6 is 23.4 Å². The molecule has 0 radical (unpaired) electrons. The van der Waals surface area contributed by atoms with E-state index in [0.29, 0.717) is 40.6 Å². The number of rotatable bonds is 9. The summed E-state index contributed by atoms with van der Waals surface area (Å²) in [4.78, 5) is 13.0. The summed E-state index contributed by atoms with van der Waals surface area (Å²) in [6.07, 6.45) is 0. The van der Waals surface area contributed by atoms with E-state index in [2.05, 4.69) is 15.5 Å². The molecule has 0 saturated carbocycles. The van der Waals surface area contributed by atoms with E-state index in [1.807, 2.05) is 97.3 Å². The Labute approximate surface area is 208 Å². The van der Waals surface area contributed by atoms with E-state index >= 15 is 0 Å². The highest BCUT2D eigenvalue weighted by Crippen LogP contribution is 2.32. The van der Waals surface area contributed by atoms with E-state index in [-0.39, 0.29) is 5.91 Å². The molecule has 0 fully saturated rings. The minimum atomic E-state index is -0.424. The molecular weight excluding hydrogens is 468 g/mol. The molecule has 0 aliphatic heterocycles. The van der Waals surface area contributed by atoms with Gasteiger partial charge in [0.25, 0.3) is 0 Å². The zero-order valence-electron chi connectivity index (χ0n) is 18.9. The number of aromatic nitrogens is 3. The lowest BCUT2D eigenvalue weighted by atomic mass is 10.2. The minimum Gasteiger partial charge on any atom is -0.492 e. The van der Waals surface area contributed by atoms with Gasteiger partial charge < -0.3 is 10.1 Å². The van der Waals surface area contributed by atoms with Gasteiger partial charge in [-0.1, -0.05) is 78.0 Å². The fourth-order valence-electron chi connectivity index (χ4n) is 3.42. The summed E-state index contributed by atoms with van der Waals surface area (Å²) >= 11 is 7.82. The van der Waals surface area contributed by atoms with Gasteiger partial charge in [-0.2, -0.15) is 0 Å². The number of carbonyl (C=O) groups excluding carboxylic acids is 1. The predicted molar refractivity (Wildman–Crippen MR) is 138 cm³/mol. The van der Waals surface area contributed by atoms with E-state index in [0.717, 1.165) is 11.1 Å². The highest BCUT2D eigenvalue weighted by Gasteiger charge is 2.22.